The largest absolute Gasteiger partial charge is 0.444 e. The second kappa shape index (κ2) is 8.62. The molecule has 0 saturated heterocycles. The monoisotopic (exact) mass is 362 g/mol. The molecule has 0 radical (unpaired) electrons. The highest BCUT2D eigenvalue weighted by atomic mass is 16.5. The van der Waals surface area contributed by atoms with E-state index in [1.807, 2.05) is 60.7 Å². The molecule has 1 heterocycles. The quantitative estimate of drug-likeness (QED) is 0.609. The maximum Gasteiger partial charge on any atom is 0.411 e. The van der Waals surface area contributed by atoms with Crippen LogP contribution in [0.25, 0.3) is 5.70 Å². The standard InChI is InChI=1S/C21H18N2O4/c24-13-19(25)20-18(12-11-17(22-20)16-9-5-2-6-10-16)23-21(26)27-14-15-7-3-1-4-8-15/h1-13,20,22H,14H2,(H,23,26). The molecule has 0 aliphatic carbocycles. The number of Topliss-reactive ketones (excluding diaryl/α,β-unsaturated/α-hetero) is 1. The zero-order chi connectivity index (χ0) is 19.1. The van der Waals surface area contributed by atoms with Gasteiger partial charge in [-0.15, -0.1) is 0 Å². The van der Waals surface area contributed by atoms with Gasteiger partial charge in [0.05, 0.1) is 5.70 Å². The third-order valence-corrected chi connectivity index (χ3v) is 3.99. The number of nitrogens with one attached hydrogen (secondary N) is 2. The average molecular weight is 362 g/mol. The summed E-state index contributed by atoms with van der Waals surface area (Å²) in [4.78, 5) is 35.1. The topological polar surface area (TPSA) is 84.5 Å². The van der Waals surface area contributed by atoms with Crippen LogP contribution in [0.3, 0.4) is 0 Å². The van der Waals surface area contributed by atoms with Gasteiger partial charge in [-0.05, 0) is 23.3 Å². The molecule has 2 aromatic rings. The summed E-state index contributed by atoms with van der Waals surface area (Å²) in [5.74, 6) is -0.689. The van der Waals surface area contributed by atoms with E-state index in [1.54, 1.807) is 12.2 Å². The smallest absolute Gasteiger partial charge is 0.411 e. The van der Waals surface area contributed by atoms with Crippen molar-refractivity contribution in [2.45, 2.75) is 12.6 Å². The van der Waals surface area contributed by atoms with E-state index in [1.165, 1.54) is 0 Å². The van der Waals surface area contributed by atoms with Gasteiger partial charge in [-0.2, -0.15) is 0 Å². The second-order valence-electron chi connectivity index (χ2n) is 5.85. The van der Waals surface area contributed by atoms with Crippen LogP contribution >= 0.6 is 0 Å². The summed E-state index contributed by atoms with van der Waals surface area (Å²) < 4.78 is 5.17. The summed E-state index contributed by atoms with van der Waals surface area (Å²) in [7, 11) is 0. The summed E-state index contributed by atoms with van der Waals surface area (Å²) in [6.07, 6.45) is 2.86. The summed E-state index contributed by atoms with van der Waals surface area (Å²) in [6.45, 7) is 0.102. The molecule has 6 heteroatoms. The SMILES string of the molecule is O=CC(=O)C1NC(c2ccccc2)=CC=C1NC(=O)OCc1ccccc1. The lowest BCUT2D eigenvalue weighted by atomic mass is 10.0. The molecule has 136 valence electrons. The zero-order valence-electron chi connectivity index (χ0n) is 14.4. The number of hydrogen-bond acceptors (Lipinski definition) is 5. The number of alkyl carbamates (subject to hydrolysis) is 1. The minimum atomic E-state index is -0.980. The predicted molar refractivity (Wildman–Crippen MR) is 100 cm³/mol. The van der Waals surface area contributed by atoms with Crippen molar-refractivity contribution in [1.82, 2.24) is 10.6 Å². The highest BCUT2D eigenvalue weighted by Gasteiger charge is 2.27. The van der Waals surface area contributed by atoms with E-state index in [2.05, 4.69) is 10.6 Å². The molecule has 3 rings (SSSR count). The third-order valence-electron chi connectivity index (χ3n) is 3.99. The van der Waals surface area contributed by atoms with Crippen molar-refractivity contribution in [3.05, 3.63) is 89.6 Å². The van der Waals surface area contributed by atoms with E-state index in [9.17, 15) is 14.4 Å². The van der Waals surface area contributed by atoms with Crippen LogP contribution in [-0.4, -0.2) is 24.2 Å². The van der Waals surface area contributed by atoms with Gasteiger partial charge in [-0.25, -0.2) is 4.79 Å². The van der Waals surface area contributed by atoms with Crippen molar-refractivity contribution in [3.63, 3.8) is 0 Å². The number of rotatable bonds is 6. The number of carbonyl (C=O) groups is 3. The van der Waals surface area contributed by atoms with Gasteiger partial charge in [0.15, 0.2) is 6.29 Å². The van der Waals surface area contributed by atoms with E-state index >= 15 is 0 Å². The van der Waals surface area contributed by atoms with Crippen LogP contribution in [0.2, 0.25) is 0 Å². The molecule has 1 aliphatic heterocycles. The van der Waals surface area contributed by atoms with Crippen LogP contribution < -0.4 is 10.6 Å². The van der Waals surface area contributed by atoms with Crippen LogP contribution in [0.5, 0.6) is 0 Å². The summed E-state index contributed by atoms with van der Waals surface area (Å²) >= 11 is 0. The second-order valence-corrected chi connectivity index (χ2v) is 5.85. The molecule has 2 N–H and O–H groups in total. The Morgan fingerprint density at radius 2 is 1.67 bits per heavy atom. The van der Waals surface area contributed by atoms with Crippen molar-refractivity contribution in [2.24, 2.45) is 0 Å². The van der Waals surface area contributed by atoms with Gasteiger partial charge >= 0.3 is 6.09 Å². The Kier molecular flexibility index (Phi) is 5.79. The van der Waals surface area contributed by atoms with Gasteiger partial charge in [-0.3, -0.25) is 14.9 Å². The maximum atomic E-state index is 12.1. The first-order valence-electron chi connectivity index (χ1n) is 8.38. The van der Waals surface area contributed by atoms with Gasteiger partial charge in [-0.1, -0.05) is 60.7 Å². The molecular formula is C21H18N2O4. The Morgan fingerprint density at radius 1 is 1.00 bits per heavy atom. The molecule has 0 bridgehead atoms. The van der Waals surface area contributed by atoms with Gasteiger partial charge in [0.25, 0.3) is 0 Å². The van der Waals surface area contributed by atoms with Crippen LogP contribution in [0.15, 0.2) is 78.5 Å². The van der Waals surface area contributed by atoms with Crippen molar-refractivity contribution < 1.29 is 19.1 Å². The van der Waals surface area contributed by atoms with Gasteiger partial charge in [0.2, 0.25) is 5.78 Å². The molecule has 1 atom stereocenters. The average Bonchev–Trinajstić information content (AvgIpc) is 2.73. The van der Waals surface area contributed by atoms with Crippen molar-refractivity contribution in [2.75, 3.05) is 0 Å². The first kappa shape index (κ1) is 18.1. The fourth-order valence-corrected chi connectivity index (χ4v) is 2.63. The molecule has 0 spiro atoms. The Labute approximate surface area is 156 Å². The van der Waals surface area contributed by atoms with Gasteiger partial charge in [0, 0.05) is 5.70 Å². The molecule has 0 saturated carbocycles. The van der Waals surface area contributed by atoms with Gasteiger partial charge < -0.3 is 10.1 Å². The van der Waals surface area contributed by atoms with Gasteiger partial charge in [0.1, 0.15) is 12.6 Å². The van der Waals surface area contributed by atoms with E-state index in [4.69, 9.17) is 4.74 Å². The number of aldehydes is 1. The van der Waals surface area contributed by atoms with Crippen molar-refractivity contribution >= 4 is 23.9 Å². The highest BCUT2D eigenvalue weighted by Crippen LogP contribution is 2.18. The number of ketones is 1. The van der Waals surface area contributed by atoms with Crippen molar-refractivity contribution in [1.29, 1.82) is 0 Å². The molecule has 27 heavy (non-hydrogen) atoms. The van der Waals surface area contributed by atoms with E-state index < -0.39 is 17.9 Å². The molecule has 1 aliphatic rings. The summed E-state index contributed by atoms with van der Waals surface area (Å²) in [5.41, 5.74) is 2.64. The maximum absolute atomic E-state index is 12.1. The highest BCUT2D eigenvalue weighted by molar-refractivity contribution is 6.28. The number of dihydropyridines is 1. The minimum Gasteiger partial charge on any atom is -0.444 e. The predicted octanol–water partition coefficient (Wildman–Crippen LogP) is 2.58. The lowest BCUT2D eigenvalue weighted by Gasteiger charge is -2.25. The van der Waals surface area contributed by atoms with Crippen LogP contribution in [0.1, 0.15) is 11.1 Å². The van der Waals surface area contributed by atoms with Crippen molar-refractivity contribution in [3.8, 4) is 0 Å². The third kappa shape index (κ3) is 4.70. The number of carbonyl (C=O) groups excluding carboxylic acids is 3. The molecule has 0 aromatic heterocycles. The number of allylic oxidation sites excluding steroid dienone is 2. The first-order chi connectivity index (χ1) is 13.2. The first-order valence-corrected chi connectivity index (χ1v) is 8.38. The summed E-state index contributed by atoms with van der Waals surface area (Å²) in [6, 6.07) is 17.6. The van der Waals surface area contributed by atoms with Crippen LogP contribution in [-0.2, 0) is 20.9 Å². The number of benzene rings is 2. The van der Waals surface area contributed by atoms with Crippen LogP contribution in [0, 0.1) is 0 Å². The summed E-state index contributed by atoms with van der Waals surface area (Å²) in [5, 5.41) is 5.53. The fourth-order valence-electron chi connectivity index (χ4n) is 2.63. The minimum absolute atomic E-state index is 0.102. The molecule has 0 fully saturated rings. The number of ether oxygens (including phenoxy) is 1. The molecular weight excluding hydrogens is 344 g/mol. The normalized spacial score (nSPS) is 15.6. The zero-order valence-corrected chi connectivity index (χ0v) is 14.4. The lowest BCUT2D eigenvalue weighted by molar-refractivity contribution is -0.130. The van der Waals surface area contributed by atoms with Crippen LogP contribution in [0.4, 0.5) is 4.79 Å². The molecule has 6 nitrogen and oxygen atoms in total. The van der Waals surface area contributed by atoms with E-state index in [0.717, 1.165) is 11.1 Å². The molecule has 2 aromatic carbocycles. The Hall–Kier alpha value is -3.67. The lowest BCUT2D eigenvalue weighted by Crippen LogP contribution is -2.45. The number of amides is 1. The van der Waals surface area contributed by atoms with E-state index in [-0.39, 0.29) is 18.6 Å². The fraction of sp³-hybridized carbons (Fsp3) is 0.0952. The Morgan fingerprint density at radius 3 is 2.33 bits per heavy atom. The number of hydrogen-bond donors (Lipinski definition) is 2. The Balaban J connectivity index is 1.71. The Bertz CT molecular complexity index is 889. The van der Waals surface area contributed by atoms with E-state index in [0.29, 0.717) is 5.70 Å². The molecule has 1 unspecified atom stereocenters. The molecule has 1 amide bonds.